The molecule has 0 saturated heterocycles. The Morgan fingerprint density at radius 3 is 2.89 bits per heavy atom. The summed E-state index contributed by atoms with van der Waals surface area (Å²) in [5, 5.41) is 4.55. The fourth-order valence-electron chi connectivity index (χ4n) is 2.78. The number of rotatable bonds is 6. The van der Waals surface area contributed by atoms with Gasteiger partial charge in [-0.3, -0.25) is 0 Å². The topological polar surface area (TPSA) is 33.1 Å². The quantitative estimate of drug-likeness (QED) is 0.867. The molecule has 1 fully saturated rings. The Morgan fingerprint density at radius 2 is 2.26 bits per heavy atom. The Kier molecular flexibility index (Phi) is 5.16. The van der Waals surface area contributed by atoms with Crippen LogP contribution in [-0.4, -0.2) is 40.7 Å². The zero-order chi connectivity index (χ0) is 13.8. The maximum Gasteiger partial charge on any atom is 0.204 e. The van der Waals surface area contributed by atoms with Gasteiger partial charge in [0.2, 0.25) is 5.95 Å². The second-order valence-corrected chi connectivity index (χ2v) is 7.05. The van der Waals surface area contributed by atoms with E-state index in [9.17, 15) is 0 Å². The van der Waals surface area contributed by atoms with Crippen LogP contribution in [0.4, 0.5) is 5.95 Å². The summed E-state index contributed by atoms with van der Waals surface area (Å²) < 4.78 is 2.17. The van der Waals surface area contributed by atoms with Crippen molar-refractivity contribution in [2.75, 3.05) is 24.7 Å². The minimum atomic E-state index is 0.682. The summed E-state index contributed by atoms with van der Waals surface area (Å²) in [4.78, 5) is 6.50. The molecule has 0 bridgehead atoms. The van der Waals surface area contributed by atoms with Crippen molar-refractivity contribution in [3.63, 3.8) is 0 Å². The highest BCUT2D eigenvalue weighted by atomic mass is 32.2. The number of nitrogens with zero attached hydrogens (tertiary/aromatic N) is 3. The number of nitrogens with one attached hydrogen (secondary N) is 1. The monoisotopic (exact) mass is 282 g/mol. The lowest BCUT2D eigenvalue weighted by atomic mass is 10.2. The molecule has 2 rings (SSSR count). The molecular weight excluding hydrogens is 256 g/mol. The third kappa shape index (κ3) is 3.66. The molecule has 1 aliphatic carbocycles. The largest absolute Gasteiger partial charge is 0.348 e. The van der Waals surface area contributed by atoms with E-state index in [0.717, 1.165) is 17.7 Å². The van der Waals surface area contributed by atoms with E-state index in [4.69, 9.17) is 0 Å². The van der Waals surface area contributed by atoms with Gasteiger partial charge < -0.3 is 14.8 Å². The van der Waals surface area contributed by atoms with Crippen molar-refractivity contribution in [1.82, 2.24) is 14.9 Å². The van der Waals surface area contributed by atoms with Crippen LogP contribution in [0.15, 0.2) is 6.20 Å². The maximum absolute atomic E-state index is 4.45. The number of thioether (sulfide) groups is 1. The molecule has 1 heterocycles. The standard InChI is InChI=1S/C14H26N4S/c1-5-19-13-7-6-11(8-13)15-9-12-10-16-14(17(2)3)18(12)4/h10-11,13,15H,5-9H2,1-4H3. The summed E-state index contributed by atoms with van der Waals surface area (Å²) in [7, 11) is 6.15. The lowest BCUT2D eigenvalue weighted by Gasteiger charge is -2.15. The second kappa shape index (κ2) is 6.66. The van der Waals surface area contributed by atoms with Crippen LogP contribution in [0.3, 0.4) is 0 Å². The Bertz CT molecular complexity index is 402. The number of hydrogen-bond acceptors (Lipinski definition) is 4. The van der Waals surface area contributed by atoms with Gasteiger partial charge in [-0.05, 0) is 25.0 Å². The summed E-state index contributed by atoms with van der Waals surface area (Å²) in [6.45, 7) is 3.18. The van der Waals surface area contributed by atoms with Gasteiger partial charge in [0.1, 0.15) is 0 Å². The molecule has 2 unspecified atom stereocenters. The molecule has 1 aromatic rings. The highest BCUT2D eigenvalue weighted by Crippen LogP contribution is 2.29. The Balaban J connectivity index is 1.83. The van der Waals surface area contributed by atoms with Crippen molar-refractivity contribution >= 4 is 17.7 Å². The normalized spacial score (nSPS) is 22.9. The Morgan fingerprint density at radius 1 is 1.47 bits per heavy atom. The number of anilines is 1. The Hall–Kier alpha value is -0.680. The Labute approximate surface area is 121 Å². The molecule has 1 saturated carbocycles. The van der Waals surface area contributed by atoms with E-state index in [0.29, 0.717) is 6.04 Å². The van der Waals surface area contributed by atoms with Crippen molar-refractivity contribution in [1.29, 1.82) is 0 Å². The molecule has 2 atom stereocenters. The fraction of sp³-hybridized carbons (Fsp3) is 0.786. The summed E-state index contributed by atoms with van der Waals surface area (Å²) in [5.74, 6) is 2.26. The molecular formula is C14H26N4S. The SMILES string of the molecule is CCSC1CCC(NCc2cnc(N(C)C)n2C)C1. The fourth-order valence-corrected chi connectivity index (χ4v) is 3.92. The van der Waals surface area contributed by atoms with Crippen LogP contribution in [-0.2, 0) is 13.6 Å². The minimum Gasteiger partial charge on any atom is -0.348 e. The van der Waals surface area contributed by atoms with Crippen molar-refractivity contribution in [2.24, 2.45) is 7.05 Å². The zero-order valence-corrected chi connectivity index (χ0v) is 13.3. The van der Waals surface area contributed by atoms with Crippen LogP contribution in [0.2, 0.25) is 0 Å². The lowest BCUT2D eigenvalue weighted by molar-refractivity contribution is 0.514. The average molecular weight is 282 g/mol. The van der Waals surface area contributed by atoms with E-state index >= 15 is 0 Å². The summed E-state index contributed by atoms with van der Waals surface area (Å²) in [6.07, 6.45) is 5.98. The van der Waals surface area contributed by atoms with Gasteiger partial charge in [0.15, 0.2) is 0 Å². The first-order valence-corrected chi connectivity index (χ1v) is 8.19. The number of hydrogen-bond donors (Lipinski definition) is 1. The first kappa shape index (κ1) is 14.7. The summed E-state index contributed by atoms with van der Waals surface area (Å²) in [6, 6.07) is 0.682. The first-order chi connectivity index (χ1) is 9.11. The van der Waals surface area contributed by atoms with E-state index < -0.39 is 0 Å². The highest BCUT2D eigenvalue weighted by Gasteiger charge is 2.24. The van der Waals surface area contributed by atoms with Crippen molar-refractivity contribution in [3.05, 3.63) is 11.9 Å². The van der Waals surface area contributed by atoms with Gasteiger partial charge in [-0.1, -0.05) is 6.92 Å². The zero-order valence-electron chi connectivity index (χ0n) is 12.5. The maximum atomic E-state index is 4.45. The summed E-state index contributed by atoms with van der Waals surface area (Å²) in [5.41, 5.74) is 1.26. The van der Waals surface area contributed by atoms with Crippen LogP contribution in [0.25, 0.3) is 0 Å². The van der Waals surface area contributed by atoms with Crippen molar-refractivity contribution in [2.45, 2.75) is 44.0 Å². The third-order valence-electron chi connectivity index (χ3n) is 3.82. The van der Waals surface area contributed by atoms with Crippen LogP contribution in [0, 0.1) is 0 Å². The van der Waals surface area contributed by atoms with E-state index in [1.165, 1.54) is 30.7 Å². The molecule has 5 heteroatoms. The molecule has 0 aliphatic heterocycles. The van der Waals surface area contributed by atoms with E-state index in [2.05, 4.69) is 40.6 Å². The van der Waals surface area contributed by atoms with Gasteiger partial charge in [-0.15, -0.1) is 0 Å². The van der Waals surface area contributed by atoms with E-state index in [1.54, 1.807) is 0 Å². The third-order valence-corrected chi connectivity index (χ3v) is 5.05. The predicted octanol–water partition coefficient (Wildman–Crippen LogP) is 2.25. The molecule has 0 amide bonds. The van der Waals surface area contributed by atoms with Crippen LogP contribution in [0.1, 0.15) is 31.9 Å². The van der Waals surface area contributed by atoms with Gasteiger partial charge in [0, 0.05) is 39.0 Å². The van der Waals surface area contributed by atoms with Gasteiger partial charge in [-0.25, -0.2) is 4.98 Å². The van der Waals surface area contributed by atoms with Crippen LogP contribution in [0.5, 0.6) is 0 Å². The van der Waals surface area contributed by atoms with Gasteiger partial charge in [0.25, 0.3) is 0 Å². The lowest BCUT2D eigenvalue weighted by Crippen LogP contribution is -2.27. The molecule has 1 aromatic heterocycles. The van der Waals surface area contributed by atoms with Crippen LogP contribution >= 0.6 is 11.8 Å². The van der Waals surface area contributed by atoms with Gasteiger partial charge in [-0.2, -0.15) is 11.8 Å². The molecule has 1 N–H and O–H groups in total. The highest BCUT2D eigenvalue weighted by molar-refractivity contribution is 7.99. The molecule has 108 valence electrons. The molecule has 0 spiro atoms. The molecule has 4 nitrogen and oxygen atoms in total. The van der Waals surface area contributed by atoms with Crippen molar-refractivity contribution < 1.29 is 0 Å². The second-order valence-electron chi connectivity index (χ2n) is 5.47. The van der Waals surface area contributed by atoms with Gasteiger partial charge >= 0.3 is 0 Å². The first-order valence-electron chi connectivity index (χ1n) is 7.14. The van der Waals surface area contributed by atoms with E-state index in [1.807, 2.05) is 25.2 Å². The predicted molar refractivity (Wildman–Crippen MR) is 83.9 cm³/mol. The minimum absolute atomic E-state index is 0.682. The van der Waals surface area contributed by atoms with Gasteiger partial charge in [0.05, 0.1) is 11.9 Å². The number of aromatic nitrogens is 2. The molecule has 1 aliphatic rings. The van der Waals surface area contributed by atoms with Crippen molar-refractivity contribution in [3.8, 4) is 0 Å². The smallest absolute Gasteiger partial charge is 0.204 e. The van der Waals surface area contributed by atoms with Crippen LogP contribution < -0.4 is 10.2 Å². The summed E-state index contributed by atoms with van der Waals surface area (Å²) >= 11 is 2.11. The number of imidazole rings is 1. The average Bonchev–Trinajstić information content (AvgIpc) is 2.94. The molecule has 0 radical (unpaired) electrons. The molecule has 0 aromatic carbocycles. The van der Waals surface area contributed by atoms with E-state index in [-0.39, 0.29) is 0 Å². The molecule has 19 heavy (non-hydrogen) atoms.